The average molecular weight is 291 g/mol. The molecule has 1 aliphatic rings. The molecule has 6 nitrogen and oxygen atoms in total. The van der Waals surface area contributed by atoms with E-state index >= 15 is 0 Å². The molecular formula is C15H25N5O. The van der Waals surface area contributed by atoms with Crippen molar-refractivity contribution in [2.24, 2.45) is 16.8 Å². The second-order valence-electron chi connectivity index (χ2n) is 5.91. The van der Waals surface area contributed by atoms with Crippen LogP contribution in [0.1, 0.15) is 31.5 Å². The van der Waals surface area contributed by atoms with Crippen LogP contribution in [0, 0.1) is 5.92 Å². The van der Waals surface area contributed by atoms with E-state index in [0.717, 1.165) is 24.6 Å². The van der Waals surface area contributed by atoms with E-state index in [2.05, 4.69) is 34.2 Å². The zero-order valence-electron chi connectivity index (χ0n) is 12.8. The fourth-order valence-electron chi connectivity index (χ4n) is 2.69. The van der Waals surface area contributed by atoms with Crippen molar-refractivity contribution in [1.29, 1.82) is 0 Å². The van der Waals surface area contributed by atoms with Crippen LogP contribution in [0.3, 0.4) is 0 Å². The maximum Gasteiger partial charge on any atom is 0.188 e. The van der Waals surface area contributed by atoms with Crippen LogP contribution in [0.2, 0.25) is 0 Å². The van der Waals surface area contributed by atoms with Crippen molar-refractivity contribution in [2.75, 3.05) is 19.6 Å². The number of oxime groups is 1. The predicted octanol–water partition coefficient (Wildman–Crippen LogP) is 0.996. The highest BCUT2D eigenvalue weighted by Gasteiger charge is 2.23. The van der Waals surface area contributed by atoms with Gasteiger partial charge in [-0.1, -0.05) is 5.16 Å². The lowest BCUT2D eigenvalue weighted by Crippen LogP contribution is -2.30. The zero-order chi connectivity index (χ0) is 15.2. The van der Waals surface area contributed by atoms with E-state index < -0.39 is 0 Å². The topological polar surface area (TPSA) is 86.8 Å². The van der Waals surface area contributed by atoms with Crippen LogP contribution in [0.5, 0.6) is 0 Å². The molecule has 1 aromatic heterocycles. The minimum absolute atomic E-state index is 0.0419. The molecule has 1 atom stereocenters. The number of hydrogen-bond donors (Lipinski definition) is 3. The number of amidine groups is 1. The third-order valence-corrected chi connectivity index (χ3v) is 4.00. The number of nitrogens with one attached hydrogen (secondary N) is 1. The second-order valence-corrected chi connectivity index (χ2v) is 5.91. The maximum atomic E-state index is 8.67. The summed E-state index contributed by atoms with van der Waals surface area (Å²) in [6, 6.07) is 4.42. The maximum absolute atomic E-state index is 8.67. The molecule has 2 heterocycles. The molecule has 6 heteroatoms. The van der Waals surface area contributed by atoms with Gasteiger partial charge in [0.2, 0.25) is 0 Å². The molecule has 21 heavy (non-hydrogen) atoms. The zero-order valence-corrected chi connectivity index (χ0v) is 12.8. The standard InChI is InChI=1S/C15H25N5O/c1-11(2)20-6-4-13(10-20)9-17-8-12-3-5-18-14(7-12)15(16)19-21/h3,5,7,11,13,17,21H,4,6,8-10H2,1-2H3,(H2,16,19). The molecule has 1 fully saturated rings. The molecule has 0 bridgehead atoms. The molecule has 0 saturated carbocycles. The molecule has 4 N–H and O–H groups in total. The summed E-state index contributed by atoms with van der Waals surface area (Å²) in [7, 11) is 0. The van der Waals surface area contributed by atoms with Crippen LogP contribution in [0.15, 0.2) is 23.5 Å². The largest absolute Gasteiger partial charge is 0.409 e. The van der Waals surface area contributed by atoms with Gasteiger partial charge in [0.25, 0.3) is 0 Å². The SMILES string of the molecule is CC(C)N1CCC(CNCc2ccnc(C(N)=NO)c2)C1. The number of nitrogens with zero attached hydrogens (tertiary/aromatic N) is 3. The van der Waals surface area contributed by atoms with Crippen LogP contribution in [-0.4, -0.2) is 46.6 Å². The lowest BCUT2D eigenvalue weighted by molar-refractivity contribution is 0.264. The van der Waals surface area contributed by atoms with Crippen LogP contribution in [0.25, 0.3) is 0 Å². The van der Waals surface area contributed by atoms with Crippen molar-refractivity contribution in [3.05, 3.63) is 29.6 Å². The van der Waals surface area contributed by atoms with Gasteiger partial charge < -0.3 is 21.2 Å². The van der Waals surface area contributed by atoms with E-state index in [4.69, 9.17) is 10.9 Å². The Morgan fingerprint density at radius 2 is 2.43 bits per heavy atom. The van der Waals surface area contributed by atoms with Gasteiger partial charge in [-0.25, -0.2) is 0 Å². The molecule has 1 aliphatic heterocycles. The third-order valence-electron chi connectivity index (χ3n) is 4.00. The summed E-state index contributed by atoms with van der Waals surface area (Å²) in [5.41, 5.74) is 7.14. The highest BCUT2D eigenvalue weighted by molar-refractivity contribution is 5.95. The molecule has 0 radical (unpaired) electrons. The summed E-state index contributed by atoms with van der Waals surface area (Å²) < 4.78 is 0. The Labute approximate surface area is 126 Å². The van der Waals surface area contributed by atoms with Gasteiger partial charge >= 0.3 is 0 Å². The van der Waals surface area contributed by atoms with Crippen molar-refractivity contribution >= 4 is 5.84 Å². The molecule has 0 aliphatic carbocycles. The van der Waals surface area contributed by atoms with Gasteiger partial charge in [-0.3, -0.25) is 4.98 Å². The number of pyridine rings is 1. The number of likely N-dealkylation sites (tertiary alicyclic amines) is 1. The Balaban J connectivity index is 1.79. The van der Waals surface area contributed by atoms with E-state index in [1.165, 1.54) is 19.5 Å². The van der Waals surface area contributed by atoms with Gasteiger partial charge in [0.15, 0.2) is 5.84 Å². The van der Waals surface area contributed by atoms with Crippen molar-refractivity contribution in [2.45, 2.75) is 32.9 Å². The van der Waals surface area contributed by atoms with E-state index in [1.54, 1.807) is 6.20 Å². The third kappa shape index (κ3) is 4.41. The smallest absolute Gasteiger partial charge is 0.188 e. The molecule has 0 aromatic carbocycles. The summed E-state index contributed by atoms with van der Waals surface area (Å²) in [5, 5.41) is 15.1. The molecule has 1 unspecified atom stereocenters. The minimum Gasteiger partial charge on any atom is -0.409 e. The van der Waals surface area contributed by atoms with Crippen molar-refractivity contribution in [3.63, 3.8) is 0 Å². The van der Waals surface area contributed by atoms with E-state index in [0.29, 0.717) is 11.7 Å². The molecule has 1 saturated heterocycles. The first-order valence-electron chi connectivity index (χ1n) is 7.47. The van der Waals surface area contributed by atoms with E-state index in [1.807, 2.05) is 12.1 Å². The fourth-order valence-corrected chi connectivity index (χ4v) is 2.69. The van der Waals surface area contributed by atoms with Crippen LogP contribution in [0.4, 0.5) is 0 Å². The average Bonchev–Trinajstić information content (AvgIpc) is 2.96. The number of nitrogens with two attached hydrogens (primary N) is 1. The van der Waals surface area contributed by atoms with Crippen molar-refractivity contribution in [1.82, 2.24) is 15.2 Å². The van der Waals surface area contributed by atoms with Crippen molar-refractivity contribution < 1.29 is 5.21 Å². The lowest BCUT2D eigenvalue weighted by Gasteiger charge is -2.20. The Kier molecular flexibility index (Phi) is 5.52. The Morgan fingerprint density at radius 3 is 3.10 bits per heavy atom. The first-order valence-corrected chi connectivity index (χ1v) is 7.47. The quantitative estimate of drug-likeness (QED) is 0.315. The Hall–Kier alpha value is -1.66. The van der Waals surface area contributed by atoms with Gasteiger partial charge in [-0.15, -0.1) is 0 Å². The summed E-state index contributed by atoms with van der Waals surface area (Å²) in [4.78, 5) is 6.60. The second kappa shape index (κ2) is 7.38. The van der Waals surface area contributed by atoms with Gasteiger partial charge in [-0.2, -0.15) is 0 Å². The molecule has 0 amide bonds. The number of hydrogen-bond acceptors (Lipinski definition) is 5. The van der Waals surface area contributed by atoms with Crippen LogP contribution >= 0.6 is 0 Å². The normalized spacial score (nSPS) is 20.3. The fraction of sp³-hybridized carbons (Fsp3) is 0.600. The van der Waals surface area contributed by atoms with Gasteiger partial charge in [0, 0.05) is 25.3 Å². The Morgan fingerprint density at radius 1 is 1.62 bits per heavy atom. The molecule has 1 aromatic rings. The summed E-state index contributed by atoms with van der Waals surface area (Å²) in [6.07, 6.45) is 2.94. The van der Waals surface area contributed by atoms with E-state index in [9.17, 15) is 0 Å². The van der Waals surface area contributed by atoms with E-state index in [-0.39, 0.29) is 5.84 Å². The molecule has 2 rings (SSSR count). The number of aromatic nitrogens is 1. The Bertz CT molecular complexity index is 489. The van der Waals surface area contributed by atoms with Gasteiger partial charge in [0.05, 0.1) is 0 Å². The van der Waals surface area contributed by atoms with Crippen LogP contribution in [-0.2, 0) is 6.54 Å². The summed E-state index contributed by atoms with van der Waals surface area (Å²) >= 11 is 0. The number of rotatable bonds is 6. The monoisotopic (exact) mass is 291 g/mol. The predicted molar refractivity (Wildman–Crippen MR) is 83.3 cm³/mol. The summed E-state index contributed by atoms with van der Waals surface area (Å²) in [6.45, 7) is 8.67. The molecule has 0 spiro atoms. The lowest BCUT2D eigenvalue weighted by atomic mass is 10.1. The molecular weight excluding hydrogens is 266 g/mol. The van der Waals surface area contributed by atoms with Crippen molar-refractivity contribution in [3.8, 4) is 0 Å². The molecule has 116 valence electrons. The highest BCUT2D eigenvalue weighted by atomic mass is 16.4. The minimum atomic E-state index is 0.0419. The van der Waals surface area contributed by atoms with Gasteiger partial charge in [-0.05, 0) is 57.0 Å². The van der Waals surface area contributed by atoms with Gasteiger partial charge in [0.1, 0.15) is 5.69 Å². The first-order chi connectivity index (χ1) is 10.1. The van der Waals surface area contributed by atoms with Crippen LogP contribution < -0.4 is 11.1 Å². The highest BCUT2D eigenvalue weighted by Crippen LogP contribution is 2.17. The first kappa shape index (κ1) is 15.7. The summed E-state index contributed by atoms with van der Waals surface area (Å²) in [5.74, 6) is 0.762.